The van der Waals surface area contributed by atoms with Gasteiger partial charge in [0.1, 0.15) is 0 Å². The van der Waals surface area contributed by atoms with Crippen molar-refractivity contribution in [1.29, 1.82) is 0 Å². The van der Waals surface area contributed by atoms with Crippen molar-refractivity contribution in [3.8, 4) is 0 Å². The molecular formula is C15H27N3. The third kappa shape index (κ3) is 4.09. The van der Waals surface area contributed by atoms with Crippen molar-refractivity contribution in [3.63, 3.8) is 0 Å². The molecule has 1 aromatic carbocycles. The van der Waals surface area contributed by atoms with Crippen LogP contribution in [0.1, 0.15) is 43.0 Å². The van der Waals surface area contributed by atoms with Gasteiger partial charge in [-0.2, -0.15) is 0 Å². The van der Waals surface area contributed by atoms with Crippen LogP contribution >= 0.6 is 0 Å². The number of aryl methyl sites for hydroxylation is 2. The first-order valence-electron chi connectivity index (χ1n) is 6.88. The van der Waals surface area contributed by atoms with Crippen molar-refractivity contribution in [3.05, 3.63) is 34.9 Å². The minimum absolute atomic E-state index is 0.242. The number of nitrogens with zero attached hydrogens (tertiary/aromatic N) is 1. The summed E-state index contributed by atoms with van der Waals surface area (Å²) in [5, 5.41) is 0. The van der Waals surface area contributed by atoms with Gasteiger partial charge >= 0.3 is 0 Å². The van der Waals surface area contributed by atoms with Gasteiger partial charge in [-0.15, -0.1) is 0 Å². The van der Waals surface area contributed by atoms with E-state index in [0.717, 1.165) is 26.1 Å². The van der Waals surface area contributed by atoms with Gasteiger partial charge in [-0.3, -0.25) is 11.3 Å². The van der Waals surface area contributed by atoms with Gasteiger partial charge in [0.2, 0.25) is 0 Å². The van der Waals surface area contributed by atoms with Crippen LogP contribution in [0.2, 0.25) is 0 Å². The molecule has 0 spiro atoms. The summed E-state index contributed by atoms with van der Waals surface area (Å²) in [5.41, 5.74) is 6.89. The van der Waals surface area contributed by atoms with Crippen LogP contribution < -0.4 is 11.3 Å². The van der Waals surface area contributed by atoms with Crippen LogP contribution in [0.3, 0.4) is 0 Å². The second kappa shape index (κ2) is 7.52. The van der Waals surface area contributed by atoms with Crippen molar-refractivity contribution in [2.45, 2.75) is 40.2 Å². The van der Waals surface area contributed by atoms with E-state index in [4.69, 9.17) is 5.84 Å². The standard InChI is InChI=1S/C15H27N3/c1-5-18(6-2)10-9-15(17-16)14-8-7-12(3)11-13(14)4/h7-8,11,15,17H,5-6,9-10,16H2,1-4H3. The minimum atomic E-state index is 0.242. The second-order valence-electron chi connectivity index (χ2n) is 4.89. The van der Waals surface area contributed by atoms with E-state index in [1.807, 2.05) is 0 Å². The highest BCUT2D eigenvalue weighted by Crippen LogP contribution is 2.21. The molecule has 0 saturated heterocycles. The lowest BCUT2D eigenvalue weighted by atomic mass is 9.97. The third-order valence-electron chi connectivity index (χ3n) is 3.63. The number of benzene rings is 1. The first kappa shape index (κ1) is 15.2. The molecule has 1 aromatic rings. The molecule has 18 heavy (non-hydrogen) atoms. The van der Waals surface area contributed by atoms with Crippen molar-refractivity contribution >= 4 is 0 Å². The molecule has 0 saturated carbocycles. The molecule has 1 rings (SSSR count). The quantitative estimate of drug-likeness (QED) is 0.576. The summed E-state index contributed by atoms with van der Waals surface area (Å²) < 4.78 is 0. The first-order chi connectivity index (χ1) is 8.62. The number of hydrogen-bond donors (Lipinski definition) is 2. The maximum absolute atomic E-state index is 5.71. The van der Waals surface area contributed by atoms with Gasteiger partial charge in [0, 0.05) is 6.04 Å². The van der Waals surface area contributed by atoms with Crippen molar-refractivity contribution < 1.29 is 0 Å². The van der Waals surface area contributed by atoms with Crippen LogP contribution in [0.25, 0.3) is 0 Å². The molecule has 1 atom stereocenters. The predicted octanol–water partition coefficient (Wildman–Crippen LogP) is 2.54. The Morgan fingerprint density at radius 3 is 2.39 bits per heavy atom. The Bertz CT molecular complexity index is 359. The predicted molar refractivity (Wildman–Crippen MR) is 78.4 cm³/mol. The Morgan fingerprint density at radius 2 is 1.89 bits per heavy atom. The van der Waals surface area contributed by atoms with Gasteiger partial charge in [0.15, 0.2) is 0 Å². The molecule has 0 bridgehead atoms. The number of nitrogens with two attached hydrogens (primary N) is 1. The van der Waals surface area contributed by atoms with E-state index < -0.39 is 0 Å². The van der Waals surface area contributed by atoms with Crippen LogP contribution in [0.15, 0.2) is 18.2 Å². The van der Waals surface area contributed by atoms with E-state index in [2.05, 4.69) is 56.2 Å². The van der Waals surface area contributed by atoms with Gasteiger partial charge < -0.3 is 4.90 Å². The van der Waals surface area contributed by atoms with Gasteiger partial charge in [0.05, 0.1) is 0 Å². The van der Waals surface area contributed by atoms with E-state index in [-0.39, 0.29) is 6.04 Å². The molecule has 0 aliphatic carbocycles. The highest BCUT2D eigenvalue weighted by molar-refractivity contribution is 5.32. The Hall–Kier alpha value is -0.900. The lowest BCUT2D eigenvalue weighted by Gasteiger charge is -2.23. The van der Waals surface area contributed by atoms with E-state index in [0.29, 0.717) is 0 Å². The second-order valence-corrected chi connectivity index (χ2v) is 4.89. The number of rotatable bonds is 7. The molecule has 0 amide bonds. The average molecular weight is 249 g/mol. The summed E-state index contributed by atoms with van der Waals surface area (Å²) in [6.45, 7) is 12.0. The Morgan fingerprint density at radius 1 is 1.22 bits per heavy atom. The van der Waals surface area contributed by atoms with Gasteiger partial charge in [-0.05, 0) is 51.0 Å². The molecule has 3 heteroatoms. The topological polar surface area (TPSA) is 41.3 Å². The van der Waals surface area contributed by atoms with Gasteiger partial charge in [0.25, 0.3) is 0 Å². The molecule has 0 radical (unpaired) electrons. The van der Waals surface area contributed by atoms with Crippen molar-refractivity contribution in [2.24, 2.45) is 5.84 Å². The molecule has 0 aromatic heterocycles. The Kier molecular flexibility index (Phi) is 6.33. The molecule has 3 nitrogen and oxygen atoms in total. The van der Waals surface area contributed by atoms with Crippen LogP contribution in [0.5, 0.6) is 0 Å². The smallest absolute Gasteiger partial charge is 0.0474 e. The Balaban J connectivity index is 2.71. The maximum Gasteiger partial charge on any atom is 0.0474 e. The molecule has 0 fully saturated rings. The zero-order valence-corrected chi connectivity index (χ0v) is 12.2. The zero-order chi connectivity index (χ0) is 13.5. The minimum Gasteiger partial charge on any atom is -0.304 e. The van der Waals surface area contributed by atoms with Crippen molar-refractivity contribution in [1.82, 2.24) is 10.3 Å². The van der Waals surface area contributed by atoms with Crippen LogP contribution in [0.4, 0.5) is 0 Å². The van der Waals surface area contributed by atoms with Crippen LogP contribution in [0, 0.1) is 13.8 Å². The fraction of sp³-hybridized carbons (Fsp3) is 0.600. The maximum atomic E-state index is 5.71. The lowest BCUT2D eigenvalue weighted by Crippen LogP contribution is -2.33. The summed E-state index contributed by atoms with van der Waals surface area (Å²) in [4.78, 5) is 2.42. The first-order valence-corrected chi connectivity index (χ1v) is 6.88. The number of nitrogens with one attached hydrogen (secondary N) is 1. The lowest BCUT2D eigenvalue weighted by molar-refractivity contribution is 0.282. The molecule has 3 N–H and O–H groups in total. The molecule has 0 aliphatic rings. The monoisotopic (exact) mass is 249 g/mol. The summed E-state index contributed by atoms with van der Waals surface area (Å²) in [7, 11) is 0. The molecule has 102 valence electrons. The van der Waals surface area contributed by atoms with Crippen molar-refractivity contribution in [2.75, 3.05) is 19.6 Å². The Labute approximate surface area is 111 Å². The SMILES string of the molecule is CCN(CC)CCC(NN)c1ccc(C)cc1C. The molecule has 1 unspecified atom stereocenters. The fourth-order valence-corrected chi connectivity index (χ4v) is 2.40. The van der Waals surface area contributed by atoms with Gasteiger partial charge in [-0.25, -0.2) is 0 Å². The summed E-state index contributed by atoms with van der Waals surface area (Å²) >= 11 is 0. The zero-order valence-electron chi connectivity index (χ0n) is 12.2. The van der Waals surface area contributed by atoms with Crippen LogP contribution in [-0.2, 0) is 0 Å². The third-order valence-corrected chi connectivity index (χ3v) is 3.63. The average Bonchev–Trinajstić information content (AvgIpc) is 2.36. The van der Waals surface area contributed by atoms with Gasteiger partial charge in [-0.1, -0.05) is 37.6 Å². The molecule has 0 aliphatic heterocycles. The largest absolute Gasteiger partial charge is 0.304 e. The van der Waals surface area contributed by atoms with Crippen LogP contribution in [-0.4, -0.2) is 24.5 Å². The van der Waals surface area contributed by atoms with E-state index in [1.165, 1.54) is 16.7 Å². The summed E-state index contributed by atoms with van der Waals surface area (Å²) in [6.07, 6.45) is 1.04. The van der Waals surface area contributed by atoms with E-state index in [9.17, 15) is 0 Å². The fourth-order valence-electron chi connectivity index (χ4n) is 2.40. The van der Waals surface area contributed by atoms with E-state index in [1.54, 1.807) is 0 Å². The normalized spacial score (nSPS) is 13.0. The number of hydrogen-bond acceptors (Lipinski definition) is 3. The molecular weight excluding hydrogens is 222 g/mol. The summed E-state index contributed by atoms with van der Waals surface area (Å²) in [5.74, 6) is 5.71. The van der Waals surface area contributed by atoms with E-state index >= 15 is 0 Å². The number of hydrazine groups is 1. The summed E-state index contributed by atoms with van der Waals surface area (Å²) in [6, 6.07) is 6.81. The highest BCUT2D eigenvalue weighted by Gasteiger charge is 2.13. The highest BCUT2D eigenvalue weighted by atomic mass is 15.2. The molecule has 0 heterocycles.